The van der Waals surface area contributed by atoms with E-state index >= 15 is 0 Å². The van der Waals surface area contributed by atoms with Gasteiger partial charge in [-0.25, -0.2) is 9.07 Å². The van der Waals surface area contributed by atoms with Crippen molar-refractivity contribution in [3.8, 4) is 5.69 Å². The molecule has 0 aliphatic rings. The molecule has 9 heteroatoms. The number of H-pyrrole nitrogens is 1. The number of hydrogen-bond acceptors (Lipinski definition) is 5. The summed E-state index contributed by atoms with van der Waals surface area (Å²) in [4.78, 5) is 14.1. The lowest BCUT2D eigenvalue weighted by molar-refractivity contribution is 0.0781. The van der Waals surface area contributed by atoms with Crippen LogP contribution in [0.5, 0.6) is 0 Å². The molecule has 0 bridgehead atoms. The minimum absolute atomic E-state index is 0.0610. The van der Waals surface area contributed by atoms with E-state index in [0.717, 1.165) is 11.3 Å². The summed E-state index contributed by atoms with van der Waals surface area (Å²) in [7, 11) is 1.70. The minimum Gasteiger partial charge on any atom is -0.340 e. The van der Waals surface area contributed by atoms with Crippen molar-refractivity contribution in [3.05, 3.63) is 53.4 Å². The van der Waals surface area contributed by atoms with E-state index in [9.17, 15) is 9.18 Å². The molecular formula is C16H18FN7O. The van der Waals surface area contributed by atoms with Crippen LogP contribution in [0.4, 0.5) is 4.39 Å². The molecule has 25 heavy (non-hydrogen) atoms. The summed E-state index contributed by atoms with van der Waals surface area (Å²) >= 11 is 0. The standard InChI is InChI=1S/C16H18FN7O/c1-10-8-12(17)4-5-14(10)24-7-6-13(20-24)16(25)23(3)9-11(2)15-18-21-22-19-15/h4-8,11H,9H2,1-3H3,(H,18,19,21,22)/t11-/m0/s1. The fraction of sp³-hybridized carbons (Fsp3) is 0.312. The number of hydrogen-bond donors (Lipinski definition) is 1. The van der Waals surface area contributed by atoms with Crippen molar-refractivity contribution in [3.63, 3.8) is 0 Å². The first-order chi connectivity index (χ1) is 12.0. The Morgan fingerprint density at radius 2 is 2.20 bits per heavy atom. The molecule has 130 valence electrons. The Morgan fingerprint density at radius 1 is 1.40 bits per heavy atom. The zero-order chi connectivity index (χ0) is 18.0. The van der Waals surface area contributed by atoms with Gasteiger partial charge in [0.05, 0.1) is 5.69 Å². The summed E-state index contributed by atoms with van der Waals surface area (Å²) in [5.74, 6) is -0.0324. The van der Waals surface area contributed by atoms with Gasteiger partial charge in [-0.05, 0) is 36.8 Å². The Balaban J connectivity index is 1.73. The van der Waals surface area contributed by atoms with Crippen LogP contribution in [0.2, 0.25) is 0 Å². The van der Waals surface area contributed by atoms with Crippen molar-refractivity contribution >= 4 is 5.91 Å². The van der Waals surface area contributed by atoms with Crippen LogP contribution in [0.1, 0.15) is 34.7 Å². The summed E-state index contributed by atoms with van der Waals surface area (Å²) in [6.07, 6.45) is 1.68. The quantitative estimate of drug-likeness (QED) is 0.761. The molecule has 0 aliphatic carbocycles. The van der Waals surface area contributed by atoms with Crippen molar-refractivity contribution in [2.45, 2.75) is 19.8 Å². The van der Waals surface area contributed by atoms with Crippen LogP contribution in [-0.4, -0.2) is 54.8 Å². The lowest BCUT2D eigenvalue weighted by Gasteiger charge is -2.18. The second kappa shape index (κ2) is 6.80. The van der Waals surface area contributed by atoms with Gasteiger partial charge in [-0.15, -0.1) is 10.2 Å². The number of rotatable bonds is 5. The van der Waals surface area contributed by atoms with Gasteiger partial charge in [-0.3, -0.25) is 4.79 Å². The molecule has 1 atom stereocenters. The van der Waals surface area contributed by atoms with E-state index in [2.05, 4.69) is 25.7 Å². The maximum atomic E-state index is 13.2. The maximum Gasteiger partial charge on any atom is 0.274 e. The fourth-order valence-electron chi connectivity index (χ4n) is 2.60. The number of nitrogens with one attached hydrogen (secondary N) is 1. The second-order valence-corrected chi connectivity index (χ2v) is 5.93. The first-order valence-corrected chi connectivity index (χ1v) is 7.76. The molecular weight excluding hydrogens is 325 g/mol. The number of amides is 1. The third-order valence-electron chi connectivity index (χ3n) is 3.91. The van der Waals surface area contributed by atoms with Gasteiger partial charge < -0.3 is 4.90 Å². The van der Waals surface area contributed by atoms with Gasteiger partial charge >= 0.3 is 0 Å². The zero-order valence-electron chi connectivity index (χ0n) is 14.1. The van der Waals surface area contributed by atoms with Crippen LogP contribution in [0.3, 0.4) is 0 Å². The van der Waals surface area contributed by atoms with Crippen LogP contribution in [0, 0.1) is 12.7 Å². The Kier molecular flexibility index (Phi) is 4.55. The molecule has 0 saturated carbocycles. The Hall–Kier alpha value is -3.10. The number of tetrazole rings is 1. The third kappa shape index (κ3) is 3.54. The van der Waals surface area contributed by atoms with Gasteiger partial charge in [0.15, 0.2) is 11.5 Å². The van der Waals surface area contributed by atoms with Gasteiger partial charge in [0.2, 0.25) is 0 Å². The average Bonchev–Trinajstić information content (AvgIpc) is 3.26. The van der Waals surface area contributed by atoms with Crippen LogP contribution >= 0.6 is 0 Å². The first-order valence-electron chi connectivity index (χ1n) is 7.76. The van der Waals surface area contributed by atoms with E-state index in [0.29, 0.717) is 18.1 Å². The molecule has 0 spiro atoms. The molecule has 3 rings (SSSR count). The highest BCUT2D eigenvalue weighted by Crippen LogP contribution is 2.16. The molecule has 2 aromatic heterocycles. The predicted molar refractivity (Wildman–Crippen MR) is 87.8 cm³/mol. The molecule has 1 aromatic carbocycles. The number of benzene rings is 1. The highest BCUT2D eigenvalue weighted by molar-refractivity contribution is 5.92. The van der Waals surface area contributed by atoms with Gasteiger partial charge in [0.1, 0.15) is 5.82 Å². The van der Waals surface area contributed by atoms with E-state index in [1.807, 2.05) is 6.92 Å². The molecule has 2 heterocycles. The van der Waals surface area contributed by atoms with Gasteiger partial charge in [0.25, 0.3) is 5.91 Å². The van der Waals surface area contributed by atoms with Gasteiger partial charge in [0, 0.05) is 25.7 Å². The van der Waals surface area contributed by atoms with E-state index in [4.69, 9.17) is 0 Å². The third-order valence-corrected chi connectivity index (χ3v) is 3.91. The topological polar surface area (TPSA) is 92.6 Å². The van der Waals surface area contributed by atoms with Crippen molar-refractivity contribution in [1.82, 2.24) is 35.3 Å². The fourth-order valence-corrected chi connectivity index (χ4v) is 2.60. The summed E-state index contributed by atoms with van der Waals surface area (Å²) in [5.41, 5.74) is 1.77. The second-order valence-electron chi connectivity index (χ2n) is 5.93. The Labute approximate surface area is 143 Å². The lowest BCUT2D eigenvalue weighted by atomic mass is 10.1. The van der Waals surface area contributed by atoms with Crippen molar-refractivity contribution in [2.75, 3.05) is 13.6 Å². The van der Waals surface area contributed by atoms with E-state index in [1.54, 1.807) is 41.9 Å². The molecule has 0 fully saturated rings. The van der Waals surface area contributed by atoms with Gasteiger partial charge in [-0.2, -0.15) is 10.3 Å². The molecule has 0 unspecified atom stereocenters. The van der Waals surface area contributed by atoms with E-state index in [1.165, 1.54) is 12.1 Å². The number of carbonyl (C=O) groups is 1. The number of nitrogens with zero attached hydrogens (tertiary/aromatic N) is 6. The SMILES string of the molecule is Cc1cc(F)ccc1-n1ccc(C(=O)N(C)C[C@H](C)c2nn[nH]n2)n1. The number of aryl methyl sites for hydroxylation is 1. The van der Waals surface area contributed by atoms with E-state index < -0.39 is 0 Å². The molecule has 8 nitrogen and oxygen atoms in total. The number of aromatic nitrogens is 6. The predicted octanol–water partition coefficient (Wildman–Crippen LogP) is 1.71. The van der Waals surface area contributed by atoms with Crippen LogP contribution in [0.15, 0.2) is 30.5 Å². The number of halogens is 1. The number of likely N-dealkylation sites (N-methyl/N-ethyl adjacent to an activating group) is 1. The Bertz CT molecular complexity index is 875. The smallest absolute Gasteiger partial charge is 0.274 e. The van der Waals surface area contributed by atoms with Crippen LogP contribution in [0.25, 0.3) is 5.69 Å². The summed E-state index contributed by atoms with van der Waals surface area (Å²) in [6.45, 7) is 4.14. The molecule has 0 radical (unpaired) electrons. The van der Waals surface area contributed by atoms with Crippen LogP contribution < -0.4 is 0 Å². The van der Waals surface area contributed by atoms with Crippen molar-refractivity contribution < 1.29 is 9.18 Å². The summed E-state index contributed by atoms with van der Waals surface area (Å²) < 4.78 is 14.8. The monoisotopic (exact) mass is 343 g/mol. The van der Waals surface area contributed by atoms with Crippen LogP contribution in [-0.2, 0) is 0 Å². The maximum absolute atomic E-state index is 13.2. The molecule has 0 saturated heterocycles. The first kappa shape index (κ1) is 16.7. The number of aromatic amines is 1. The molecule has 0 aliphatic heterocycles. The van der Waals surface area contributed by atoms with E-state index in [-0.39, 0.29) is 17.6 Å². The highest BCUT2D eigenvalue weighted by Gasteiger charge is 2.20. The molecule has 3 aromatic rings. The summed E-state index contributed by atoms with van der Waals surface area (Å²) in [6, 6.07) is 6.07. The number of carbonyl (C=O) groups excluding carboxylic acids is 1. The lowest BCUT2D eigenvalue weighted by Crippen LogP contribution is -2.31. The van der Waals surface area contributed by atoms with Crippen molar-refractivity contribution in [1.29, 1.82) is 0 Å². The average molecular weight is 343 g/mol. The largest absolute Gasteiger partial charge is 0.340 e. The molecule has 1 amide bonds. The Morgan fingerprint density at radius 3 is 2.88 bits per heavy atom. The minimum atomic E-state index is -0.306. The summed E-state index contributed by atoms with van der Waals surface area (Å²) in [5, 5.41) is 18.1. The van der Waals surface area contributed by atoms with Gasteiger partial charge in [-0.1, -0.05) is 12.1 Å². The zero-order valence-corrected chi connectivity index (χ0v) is 14.1. The molecule has 1 N–H and O–H groups in total. The highest BCUT2D eigenvalue weighted by atomic mass is 19.1. The van der Waals surface area contributed by atoms with Crippen molar-refractivity contribution in [2.24, 2.45) is 0 Å². The normalized spacial score (nSPS) is 12.2.